The summed E-state index contributed by atoms with van der Waals surface area (Å²) in [5.74, 6) is -2.88. The summed E-state index contributed by atoms with van der Waals surface area (Å²) in [6.07, 6.45) is 0.904. The number of nitrogens with one attached hydrogen (secondary N) is 1. The highest BCUT2D eigenvalue weighted by Crippen LogP contribution is 2.29. The van der Waals surface area contributed by atoms with Gasteiger partial charge in [0.15, 0.2) is 6.61 Å². The maximum Gasteiger partial charge on any atom is 0.330 e. The highest BCUT2D eigenvalue weighted by atomic mass is 16.5. The number of hydrogen-bond acceptors (Lipinski definition) is 5. The predicted octanol–water partition coefficient (Wildman–Crippen LogP) is 1.20. The largest absolute Gasteiger partial charge is 0.452 e. The van der Waals surface area contributed by atoms with Crippen LogP contribution in [0.15, 0.2) is 49.1 Å². The molecule has 0 unspecified atom stereocenters. The van der Waals surface area contributed by atoms with Gasteiger partial charge in [-0.2, -0.15) is 5.01 Å². The molecular formula is C17H12N2O5. The molecule has 24 heavy (non-hydrogen) atoms. The Labute approximate surface area is 136 Å². The monoisotopic (exact) mass is 324 g/mol. The van der Waals surface area contributed by atoms with E-state index in [9.17, 15) is 19.2 Å². The fourth-order valence-corrected chi connectivity index (χ4v) is 2.48. The third kappa shape index (κ3) is 2.52. The van der Waals surface area contributed by atoms with Crippen molar-refractivity contribution in [3.63, 3.8) is 0 Å². The topological polar surface area (TPSA) is 92.8 Å². The number of ether oxygens (including phenoxy) is 1. The average molecular weight is 324 g/mol. The minimum Gasteiger partial charge on any atom is -0.452 e. The van der Waals surface area contributed by atoms with Crippen molar-refractivity contribution in [3.05, 3.63) is 60.2 Å². The molecule has 0 aromatic heterocycles. The molecule has 1 heterocycles. The van der Waals surface area contributed by atoms with E-state index in [1.54, 1.807) is 36.4 Å². The lowest BCUT2D eigenvalue weighted by Gasteiger charge is -2.26. The van der Waals surface area contributed by atoms with Crippen molar-refractivity contribution in [1.82, 2.24) is 10.4 Å². The van der Waals surface area contributed by atoms with E-state index in [1.807, 2.05) is 0 Å². The number of carbonyl (C=O) groups is 4. The summed E-state index contributed by atoms with van der Waals surface area (Å²) in [6, 6.07) is 10.1. The van der Waals surface area contributed by atoms with Gasteiger partial charge in [0.2, 0.25) is 0 Å². The van der Waals surface area contributed by atoms with Crippen molar-refractivity contribution in [3.8, 4) is 0 Å². The third-order valence-electron chi connectivity index (χ3n) is 3.52. The van der Waals surface area contributed by atoms with Crippen LogP contribution < -0.4 is 5.43 Å². The minimum absolute atomic E-state index is 0.311. The number of amides is 3. The fraction of sp³-hybridized carbons (Fsp3) is 0.0588. The minimum atomic E-state index is -0.807. The highest BCUT2D eigenvalue weighted by molar-refractivity contribution is 6.25. The van der Waals surface area contributed by atoms with Crippen molar-refractivity contribution in [2.24, 2.45) is 0 Å². The highest BCUT2D eigenvalue weighted by Gasteiger charge is 2.34. The number of carbonyl (C=O) groups excluding carboxylic acids is 4. The van der Waals surface area contributed by atoms with Gasteiger partial charge in [-0.1, -0.05) is 30.8 Å². The summed E-state index contributed by atoms with van der Waals surface area (Å²) in [5.41, 5.74) is 2.79. The first-order chi connectivity index (χ1) is 11.5. The van der Waals surface area contributed by atoms with Crippen molar-refractivity contribution in [2.75, 3.05) is 6.61 Å². The zero-order chi connectivity index (χ0) is 17.3. The molecule has 0 fully saturated rings. The molecule has 0 radical (unpaired) electrons. The van der Waals surface area contributed by atoms with Gasteiger partial charge in [0.25, 0.3) is 17.7 Å². The Morgan fingerprint density at radius 3 is 2.21 bits per heavy atom. The van der Waals surface area contributed by atoms with Gasteiger partial charge in [0.1, 0.15) is 0 Å². The number of hydrogen-bond donors (Lipinski definition) is 1. The Balaban J connectivity index is 1.89. The lowest BCUT2D eigenvalue weighted by atomic mass is 9.95. The molecule has 1 N–H and O–H groups in total. The van der Waals surface area contributed by atoms with Crippen LogP contribution in [0.3, 0.4) is 0 Å². The quantitative estimate of drug-likeness (QED) is 0.518. The predicted molar refractivity (Wildman–Crippen MR) is 83.7 cm³/mol. The maximum absolute atomic E-state index is 12.5. The van der Waals surface area contributed by atoms with Gasteiger partial charge >= 0.3 is 5.97 Å². The Bertz CT molecular complexity index is 852. The summed E-state index contributed by atoms with van der Waals surface area (Å²) in [7, 11) is 0. The van der Waals surface area contributed by atoms with E-state index >= 15 is 0 Å². The van der Waals surface area contributed by atoms with Gasteiger partial charge < -0.3 is 4.74 Å². The average Bonchev–Trinajstić information content (AvgIpc) is 2.61. The number of hydrazine groups is 1. The zero-order valence-electron chi connectivity index (χ0n) is 12.4. The van der Waals surface area contributed by atoms with Crippen LogP contribution in [0.2, 0.25) is 0 Å². The molecule has 1 aliphatic rings. The molecule has 0 saturated carbocycles. The van der Waals surface area contributed by atoms with Crippen molar-refractivity contribution in [2.45, 2.75) is 0 Å². The van der Waals surface area contributed by atoms with Gasteiger partial charge in [-0.05, 0) is 17.5 Å². The molecule has 0 bridgehead atoms. The standard InChI is InChI=1S/C17H12N2O5/c1-2-14(21)24-9-13(20)18-19-16(22)11-7-3-5-10-6-4-8-12(15(10)11)17(19)23/h2-8H,1,9H2,(H,18,20). The number of benzene rings is 2. The van der Waals surface area contributed by atoms with E-state index in [0.717, 1.165) is 11.5 Å². The molecule has 0 aliphatic carbocycles. The summed E-state index contributed by atoms with van der Waals surface area (Å²) in [6.45, 7) is 2.57. The maximum atomic E-state index is 12.5. The second-order valence-corrected chi connectivity index (χ2v) is 5.00. The molecule has 3 rings (SSSR count). The van der Waals surface area contributed by atoms with Gasteiger partial charge in [-0.3, -0.25) is 19.8 Å². The van der Waals surface area contributed by atoms with Crippen LogP contribution in [0.4, 0.5) is 0 Å². The van der Waals surface area contributed by atoms with E-state index in [-0.39, 0.29) is 0 Å². The summed E-state index contributed by atoms with van der Waals surface area (Å²) < 4.78 is 4.57. The first-order valence-corrected chi connectivity index (χ1v) is 7.02. The molecule has 0 atom stereocenters. The molecule has 7 heteroatoms. The molecule has 3 amide bonds. The van der Waals surface area contributed by atoms with Crippen LogP contribution in [0, 0.1) is 0 Å². The molecule has 7 nitrogen and oxygen atoms in total. The Hall–Kier alpha value is -3.48. The van der Waals surface area contributed by atoms with Crippen LogP contribution in [0.5, 0.6) is 0 Å². The van der Waals surface area contributed by atoms with Crippen LogP contribution >= 0.6 is 0 Å². The zero-order valence-corrected chi connectivity index (χ0v) is 12.4. The second kappa shape index (κ2) is 5.96. The molecule has 2 aromatic rings. The van der Waals surface area contributed by atoms with E-state index < -0.39 is 30.3 Å². The first kappa shape index (κ1) is 15.4. The van der Waals surface area contributed by atoms with E-state index in [4.69, 9.17) is 0 Å². The van der Waals surface area contributed by atoms with Crippen LogP contribution in [0.25, 0.3) is 10.8 Å². The molecule has 0 spiro atoms. The van der Waals surface area contributed by atoms with Crippen molar-refractivity contribution in [1.29, 1.82) is 0 Å². The molecule has 2 aromatic carbocycles. The number of rotatable bonds is 4. The lowest BCUT2D eigenvalue weighted by Crippen LogP contribution is -2.52. The van der Waals surface area contributed by atoms with Crippen LogP contribution in [-0.4, -0.2) is 35.3 Å². The van der Waals surface area contributed by atoms with Gasteiger partial charge in [0, 0.05) is 11.5 Å². The van der Waals surface area contributed by atoms with E-state index in [1.165, 1.54) is 0 Å². The Kier molecular flexibility index (Phi) is 3.83. The number of nitrogens with zero attached hydrogens (tertiary/aromatic N) is 1. The molecule has 1 aliphatic heterocycles. The van der Waals surface area contributed by atoms with Gasteiger partial charge in [-0.15, -0.1) is 0 Å². The lowest BCUT2D eigenvalue weighted by molar-refractivity contribution is -0.144. The normalized spacial score (nSPS) is 12.9. The molecule has 120 valence electrons. The summed E-state index contributed by atoms with van der Waals surface area (Å²) in [5, 5.41) is 1.94. The van der Waals surface area contributed by atoms with Crippen LogP contribution in [-0.2, 0) is 14.3 Å². The van der Waals surface area contributed by atoms with Gasteiger partial charge in [-0.25, -0.2) is 4.79 Å². The molecular weight excluding hydrogens is 312 g/mol. The fourth-order valence-electron chi connectivity index (χ4n) is 2.48. The number of esters is 1. The summed E-state index contributed by atoms with van der Waals surface area (Å²) in [4.78, 5) is 47.8. The second-order valence-electron chi connectivity index (χ2n) is 5.00. The third-order valence-corrected chi connectivity index (χ3v) is 3.52. The summed E-state index contributed by atoms with van der Waals surface area (Å²) >= 11 is 0. The first-order valence-electron chi connectivity index (χ1n) is 7.02. The number of imide groups is 1. The van der Waals surface area contributed by atoms with Crippen molar-refractivity contribution >= 4 is 34.5 Å². The van der Waals surface area contributed by atoms with Gasteiger partial charge in [0.05, 0.1) is 11.1 Å². The Morgan fingerprint density at radius 2 is 1.67 bits per heavy atom. The van der Waals surface area contributed by atoms with Crippen LogP contribution in [0.1, 0.15) is 20.7 Å². The smallest absolute Gasteiger partial charge is 0.330 e. The Morgan fingerprint density at radius 1 is 1.08 bits per heavy atom. The van der Waals surface area contributed by atoms with E-state index in [2.05, 4.69) is 16.7 Å². The van der Waals surface area contributed by atoms with E-state index in [0.29, 0.717) is 21.5 Å². The SMILES string of the molecule is C=CC(=O)OCC(=O)NN1C(=O)c2cccc3cccc(c23)C1=O. The van der Waals surface area contributed by atoms with Crippen molar-refractivity contribution < 1.29 is 23.9 Å². The molecule has 0 saturated heterocycles.